The fraction of sp³-hybridized carbons (Fsp3) is 0.421. The fourth-order valence-corrected chi connectivity index (χ4v) is 3.60. The van der Waals surface area contributed by atoms with Crippen LogP contribution in [0.2, 0.25) is 0 Å². The highest BCUT2D eigenvalue weighted by molar-refractivity contribution is 6.08. The maximum Gasteiger partial charge on any atom is 0.209 e. The molecule has 1 aliphatic carbocycles. The van der Waals surface area contributed by atoms with E-state index in [-0.39, 0.29) is 11.8 Å². The summed E-state index contributed by atoms with van der Waals surface area (Å²) in [5.41, 5.74) is 1.38. The van der Waals surface area contributed by atoms with Crippen molar-refractivity contribution < 1.29 is 14.3 Å². The molecule has 0 saturated heterocycles. The molecule has 1 aromatic heterocycles. The zero-order valence-corrected chi connectivity index (χ0v) is 13.7. The van der Waals surface area contributed by atoms with Crippen LogP contribution in [0.3, 0.4) is 0 Å². The number of ketones is 1. The van der Waals surface area contributed by atoms with E-state index in [2.05, 4.69) is 0 Å². The molecule has 1 atom stereocenters. The van der Waals surface area contributed by atoms with Crippen molar-refractivity contribution in [3.8, 4) is 0 Å². The van der Waals surface area contributed by atoms with Crippen LogP contribution < -0.4 is 0 Å². The van der Waals surface area contributed by atoms with E-state index in [0.717, 1.165) is 25.7 Å². The Bertz CT molecular complexity index is 658. The third-order valence-corrected chi connectivity index (χ3v) is 4.83. The van der Waals surface area contributed by atoms with E-state index in [1.807, 2.05) is 53.2 Å². The summed E-state index contributed by atoms with van der Waals surface area (Å²) in [5, 5.41) is 0. The molecule has 0 amide bonds. The Labute approximate surface area is 137 Å². The maximum atomic E-state index is 12.9. The van der Waals surface area contributed by atoms with Gasteiger partial charge in [-0.05, 0) is 25.0 Å². The van der Waals surface area contributed by atoms with Gasteiger partial charge in [-0.25, -0.2) is 0 Å². The lowest BCUT2D eigenvalue weighted by Crippen LogP contribution is -2.46. The number of benzene rings is 1. The zero-order valence-electron chi connectivity index (χ0n) is 13.7. The Morgan fingerprint density at radius 2 is 1.83 bits per heavy atom. The smallest absolute Gasteiger partial charge is 0.209 e. The van der Waals surface area contributed by atoms with Crippen molar-refractivity contribution in [2.45, 2.75) is 37.5 Å². The lowest BCUT2D eigenvalue weighted by molar-refractivity contribution is -0.248. The van der Waals surface area contributed by atoms with Crippen LogP contribution >= 0.6 is 0 Å². The average molecular weight is 313 g/mol. The van der Waals surface area contributed by atoms with Gasteiger partial charge in [0.15, 0.2) is 5.79 Å². The molecule has 1 heterocycles. The van der Waals surface area contributed by atoms with Gasteiger partial charge in [0.1, 0.15) is 0 Å². The first-order valence-electron chi connectivity index (χ1n) is 8.09. The highest BCUT2D eigenvalue weighted by Crippen LogP contribution is 2.41. The molecule has 3 rings (SSSR count). The summed E-state index contributed by atoms with van der Waals surface area (Å²) >= 11 is 0. The molecule has 0 N–H and O–H groups in total. The molecule has 1 unspecified atom stereocenters. The Hall–Kier alpha value is -1.91. The molecular weight excluding hydrogens is 290 g/mol. The van der Waals surface area contributed by atoms with Crippen molar-refractivity contribution in [2.75, 3.05) is 14.2 Å². The Balaban J connectivity index is 1.98. The van der Waals surface area contributed by atoms with Gasteiger partial charge in [0.05, 0.1) is 11.7 Å². The van der Waals surface area contributed by atoms with Crippen molar-refractivity contribution in [1.82, 2.24) is 4.57 Å². The second-order valence-electron chi connectivity index (χ2n) is 5.98. The number of hydrogen-bond acceptors (Lipinski definition) is 3. The molecule has 1 saturated carbocycles. The third kappa shape index (κ3) is 2.84. The van der Waals surface area contributed by atoms with Crippen molar-refractivity contribution in [3.05, 3.63) is 59.9 Å². The normalized spacial score (nSPS) is 20.3. The average Bonchev–Trinajstić information content (AvgIpc) is 3.11. The van der Waals surface area contributed by atoms with Crippen molar-refractivity contribution in [2.24, 2.45) is 0 Å². The molecular formula is C19H23NO3. The highest BCUT2D eigenvalue weighted by Gasteiger charge is 2.43. The molecule has 1 aliphatic rings. The van der Waals surface area contributed by atoms with Gasteiger partial charge in [0, 0.05) is 32.4 Å². The first-order valence-corrected chi connectivity index (χ1v) is 8.09. The minimum atomic E-state index is -0.664. The van der Waals surface area contributed by atoms with Crippen molar-refractivity contribution in [1.29, 1.82) is 0 Å². The zero-order chi connectivity index (χ0) is 16.3. The van der Waals surface area contributed by atoms with Crippen LogP contribution in [0.25, 0.3) is 0 Å². The van der Waals surface area contributed by atoms with E-state index in [1.54, 1.807) is 14.2 Å². The van der Waals surface area contributed by atoms with Gasteiger partial charge in [-0.2, -0.15) is 0 Å². The molecule has 0 spiro atoms. The SMILES string of the molecule is COC1(OC)CCCCC1n1cccc1C(=O)c1ccccc1. The first-order chi connectivity index (χ1) is 11.2. The quantitative estimate of drug-likeness (QED) is 0.622. The number of rotatable bonds is 5. The molecule has 122 valence electrons. The van der Waals surface area contributed by atoms with E-state index in [0.29, 0.717) is 11.3 Å². The summed E-state index contributed by atoms with van der Waals surface area (Å²) in [6.45, 7) is 0. The van der Waals surface area contributed by atoms with E-state index in [4.69, 9.17) is 9.47 Å². The molecule has 4 nitrogen and oxygen atoms in total. The highest BCUT2D eigenvalue weighted by atomic mass is 16.7. The lowest BCUT2D eigenvalue weighted by Gasteiger charge is -2.42. The third-order valence-electron chi connectivity index (χ3n) is 4.83. The van der Waals surface area contributed by atoms with Crippen LogP contribution in [0.15, 0.2) is 48.7 Å². The predicted octanol–water partition coefficient (Wildman–Crippen LogP) is 3.82. The molecule has 23 heavy (non-hydrogen) atoms. The number of nitrogens with zero attached hydrogens (tertiary/aromatic N) is 1. The standard InChI is InChI=1S/C19H23NO3/c1-22-19(23-2)13-7-6-12-17(19)20-14-8-11-16(20)18(21)15-9-4-3-5-10-15/h3-5,8-11,14,17H,6-7,12-13H2,1-2H3. The number of methoxy groups -OCH3 is 2. The Morgan fingerprint density at radius 1 is 1.09 bits per heavy atom. The number of ether oxygens (including phenoxy) is 2. The maximum absolute atomic E-state index is 12.9. The predicted molar refractivity (Wildman–Crippen MR) is 88.6 cm³/mol. The molecule has 1 aromatic carbocycles. The van der Waals surface area contributed by atoms with Crippen LogP contribution in [0.4, 0.5) is 0 Å². The van der Waals surface area contributed by atoms with E-state index >= 15 is 0 Å². The van der Waals surface area contributed by atoms with Crippen LogP contribution in [-0.2, 0) is 9.47 Å². The van der Waals surface area contributed by atoms with Gasteiger partial charge >= 0.3 is 0 Å². The van der Waals surface area contributed by atoms with Crippen molar-refractivity contribution >= 4 is 5.78 Å². The van der Waals surface area contributed by atoms with Crippen LogP contribution in [0.1, 0.15) is 47.8 Å². The summed E-state index contributed by atoms with van der Waals surface area (Å²) in [4.78, 5) is 12.9. The molecule has 4 heteroatoms. The lowest BCUT2D eigenvalue weighted by atomic mass is 9.88. The van der Waals surface area contributed by atoms with E-state index in [1.165, 1.54) is 0 Å². The number of aromatic nitrogens is 1. The second-order valence-corrected chi connectivity index (χ2v) is 5.98. The monoisotopic (exact) mass is 313 g/mol. The first kappa shape index (κ1) is 16.0. The fourth-order valence-electron chi connectivity index (χ4n) is 3.60. The number of carbonyl (C=O) groups excluding carboxylic acids is 1. The summed E-state index contributed by atoms with van der Waals surface area (Å²) in [5.74, 6) is -0.634. The van der Waals surface area contributed by atoms with E-state index in [9.17, 15) is 4.79 Å². The van der Waals surface area contributed by atoms with Gasteiger partial charge in [0.2, 0.25) is 5.78 Å². The summed E-state index contributed by atoms with van der Waals surface area (Å²) in [7, 11) is 3.37. The van der Waals surface area contributed by atoms with E-state index < -0.39 is 5.79 Å². The number of carbonyl (C=O) groups is 1. The van der Waals surface area contributed by atoms with Gasteiger partial charge < -0.3 is 14.0 Å². The summed E-state index contributed by atoms with van der Waals surface area (Å²) < 4.78 is 13.5. The van der Waals surface area contributed by atoms with Crippen LogP contribution in [0.5, 0.6) is 0 Å². The Morgan fingerprint density at radius 3 is 2.52 bits per heavy atom. The second kappa shape index (κ2) is 6.69. The molecule has 0 bridgehead atoms. The summed E-state index contributed by atoms with van der Waals surface area (Å²) in [6.07, 6.45) is 5.91. The minimum absolute atomic E-state index is 0.00362. The van der Waals surface area contributed by atoms with Gasteiger partial charge in [0.25, 0.3) is 0 Å². The largest absolute Gasteiger partial charge is 0.351 e. The van der Waals surface area contributed by atoms with Crippen LogP contribution in [-0.4, -0.2) is 30.4 Å². The minimum Gasteiger partial charge on any atom is -0.351 e. The van der Waals surface area contributed by atoms with Gasteiger partial charge in [-0.3, -0.25) is 4.79 Å². The van der Waals surface area contributed by atoms with Crippen molar-refractivity contribution in [3.63, 3.8) is 0 Å². The number of hydrogen-bond donors (Lipinski definition) is 0. The molecule has 0 aliphatic heterocycles. The molecule has 0 radical (unpaired) electrons. The van der Waals surface area contributed by atoms with Gasteiger partial charge in [-0.1, -0.05) is 36.8 Å². The molecule has 2 aromatic rings. The molecule has 1 fully saturated rings. The van der Waals surface area contributed by atoms with Crippen LogP contribution in [0, 0.1) is 0 Å². The topological polar surface area (TPSA) is 40.5 Å². The Kier molecular flexibility index (Phi) is 4.64. The van der Waals surface area contributed by atoms with Gasteiger partial charge in [-0.15, -0.1) is 0 Å². The summed E-state index contributed by atoms with van der Waals surface area (Å²) in [6, 6.07) is 13.2.